The van der Waals surface area contributed by atoms with E-state index in [9.17, 15) is 0 Å². The van der Waals surface area contributed by atoms with Crippen LogP contribution < -0.4 is 4.90 Å². The van der Waals surface area contributed by atoms with Gasteiger partial charge in [-0.05, 0) is 132 Å². The van der Waals surface area contributed by atoms with Crippen LogP contribution in [0, 0.1) is 6.92 Å². The van der Waals surface area contributed by atoms with Crippen LogP contribution in [-0.2, 0) is 6.54 Å². The number of allylic oxidation sites excluding steroid dienone is 5. The second-order valence-electron chi connectivity index (χ2n) is 17.6. The molecule has 8 aromatic carbocycles. The molecular formula is C62H53N3S. The van der Waals surface area contributed by atoms with Gasteiger partial charge in [0.2, 0.25) is 0 Å². The first kappa shape index (κ1) is 41.6. The summed E-state index contributed by atoms with van der Waals surface area (Å²) in [6, 6.07) is 63.3. The average molecular weight is 872 g/mol. The molecule has 2 heterocycles. The minimum atomic E-state index is 0.294. The molecule has 322 valence electrons. The topological polar surface area (TPSA) is 20.5 Å². The van der Waals surface area contributed by atoms with Gasteiger partial charge in [0.15, 0.2) is 0 Å². The molecule has 0 amide bonds. The van der Waals surface area contributed by atoms with Crippen LogP contribution in [0.1, 0.15) is 67.3 Å². The van der Waals surface area contributed by atoms with E-state index in [4.69, 9.17) is 4.99 Å². The van der Waals surface area contributed by atoms with Crippen molar-refractivity contribution >= 4 is 67.0 Å². The SMILES string of the molecule is C/C=C\C(CCC)N1c2ccccc2Sc2cc(-c3ccc4c(c3)c3c5ccccc5ccc3n4-c3cccc(CN=C(c4ccc(C5=CCCC=C5)cc4)c4ccccc4C)c3)ccc21. The Balaban J connectivity index is 0.995. The van der Waals surface area contributed by atoms with Gasteiger partial charge in [0.1, 0.15) is 0 Å². The standard InChI is InChI=1S/C62H53N3S/c1-4-16-50(17-5-2)64-56-26-13-14-27-59(56)66-60-40-49(34-36-57(60)64)48-33-35-55-54(39-48)61-53-25-12-10-22-46(53)32-37-58(61)65(55)51-23-15-19-43(38-51)41-63-62(52-24-11-9-18-42(52)3)47-30-28-45(29-31-47)44-20-7-6-8-21-44/h4,7,9-16,18-40,50H,5-6,8,17,41H2,1-3H3/b16-4-,63-62?. The van der Waals surface area contributed by atoms with Gasteiger partial charge in [0, 0.05) is 37.4 Å². The van der Waals surface area contributed by atoms with Gasteiger partial charge in [-0.1, -0.05) is 171 Å². The maximum atomic E-state index is 5.42. The third-order valence-corrected chi connectivity index (χ3v) is 14.5. The fourth-order valence-electron chi connectivity index (χ4n) is 10.2. The molecular weight excluding hydrogens is 819 g/mol. The first-order chi connectivity index (χ1) is 32.6. The van der Waals surface area contributed by atoms with E-state index < -0.39 is 0 Å². The average Bonchev–Trinajstić information content (AvgIpc) is 3.71. The van der Waals surface area contributed by atoms with Gasteiger partial charge >= 0.3 is 0 Å². The number of fused-ring (bicyclic) bond motifs is 7. The van der Waals surface area contributed by atoms with Gasteiger partial charge in [-0.15, -0.1) is 0 Å². The Bertz CT molecular complexity index is 3420. The van der Waals surface area contributed by atoms with Gasteiger partial charge in [0.25, 0.3) is 0 Å². The van der Waals surface area contributed by atoms with Crippen molar-refractivity contribution in [3.05, 3.63) is 228 Å². The molecule has 11 rings (SSSR count). The van der Waals surface area contributed by atoms with Gasteiger partial charge in [-0.25, -0.2) is 0 Å². The quantitative estimate of drug-likeness (QED) is 0.0953. The largest absolute Gasteiger partial charge is 0.333 e. The Kier molecular flexibility index (Phi) is 11.4. The van der Waals surface area contributed by atoms with Crippen LogP contribution in [0.3, 0.4) is 0 Å². The maximum absolute atomic E-state index is 5.42. The molecule has 3 nitrogen and oxygen atoms in total. The summed E-state index contributed by atoms with van der Waals surface area (Å²) in [6.45, 7) is 7.16. The monoisotopic (exact) mass is 871 g/mol. The lowest BCUT2D eigenvalue weighted by atomic mass is 9.94. The number of aromatic nitrogens is 1. The smallest absolute Gasteiger partial charge is 0.0725 e. The van der Waals surface area contributed by atoms with E-state index in [1.165, 1.54) is 81.6 Å². The summed E-state index contributed by atoms with van der Waals surface area (Å²) in [7, 11) is 0. The summed E-state index contributed by atoms with van der Waals surface area (Å²) in [5.41, 5.74) is 16.8. The Morgan fingerprint density at radius 3 is 2.30 bits per heavy atom. The minimum Gasteiger partial charge on any atom is -0.333 e. The van der Waals surface area contributed by atoms with Gasteiger partial charge in [-0.2, -0.15) is 0 Å². The first-order valence-electron chi connectivity index (χ1n) is 23.5. The third kappa shape index (κ3) is 7.69. The molecule has 1 atom stereocenters. The predicted octanol–water partition coefficient (Wildman–Crippen LogP) is 17.0. The van der Waals surface area contributed by atoms with Crippen LogP contribution in [-0.4, -0.2) is 16.3 Å². The fraction of sp³-hybridized carbons (Fsp3) is 0.145. The van der Waals surface area contributed by atoms with E-state index in [2.05, 4.69) is 230 Å². The molecule has 1 aliphatic carbocycles. The zero-order valence-electron chi connectivity index (χ0n) is 37.9. The van der Waals surface area contributed by atoms with E-state index in [0.717, 1.165) is 53.8 Å². The molecule has 4 heteroatoms. The molecule has 0 saturated heterocycles. The summed E-state index contributed by atoms with van der Waals surface area (Å²) in [5, 5.41) is 5.04. The van der Waals surface area contributed by atoms with Crippen LogP contribution in [0.2, 0.25) is 0 Å². The predicted molar refractivity (Wildman–Crippen MR) is 283 cm³/mol. The fourth-order valence-corrected chi connectivity index (χ4v) is 11.3. The van der Waals surface area contributed by atoms with E-state index in [1.807, 2.05) is 11.8 Å². The lowest BCUT2D eigenvalue weighted by Gasteiger charge is -2.38. The highest BCUT2D eigenvalue weighted by molar-refractivity contribution is 7.99. The molecule has 1 aliphatic heterocycles. The van der Waals surface area contributed by atoms with Gasteiger partial charge in [-0.3, -0.25) is 4.99 Å². The van der Waals surface area contributed by atoms with Crippen molar-refractivity contribution in [1.29, 1.82) is 0 Å². The highest BCUT2D eigenvalue weighted by Gasteiger charge is 2.28. The molecule has 1 aromatic heterocycles. The number of aliphatic imine (C=N–C) groups is 1. The Morgan fingerprint density at radius 1 is 0.682 bits per heavy atom. The lowest BCUT2D eigenvalue weighted by Crippen LogP contribution is -2.31. The Hall–Kier alpha value is -7.14. The molecule has 0 fully saturated rings. The number of para-hydroxylation sites is 1. The van der Waals surface area contributed by atoms with Crippen LogP contribution in [0.25, 0.3) is 55.0 Å². The molecule has 66 heavy (non-hydrogen) atoms. The van der Waals surface area contributed by atoms with Crippen LogP contribution >= 0.6 is 11.8 Å². The number of benzene rings is 8. The normalized spacial score (nSPS) is 14.3. The van der Waals surface area contributed by atoms with E-state index in [0.29, 0.717) is 12.6 Å². The molecule has 0 bridgehead atoms. The van der Waals surface area contributed by atoms with Crippen LogP contribution in [0.15, 0.2) is 215 Å². The highest BCUT2D eigenvalue weighted by atomic mass is 32.2. The van der Waals surface area contributed by atoms with Crippen LogP contribution in [0.4, 0.5) is 11.4 Å². The molecule has 0 radical (unpaired) electrons. The lowest BCUT2D eigenvalue weighted by molar-refractivity contribution is 0.676. The van der Waals surface area contributed by atoms with Gasteiger partial charge < -0.3 is 9.47 Å². The second-order valence-corrected chi connectivity index (χ2v) is 18.7. The van der Waals surface area contributed by atoms with E-state index >= 15 is 0 Å². The molecule has 2 aliphatic rings. The molecule has 1 unspecified atom stereocenters. The second kappa shape index (κ2) is 18.0. The summed E-state index contributed by atoms with van der Waals surface area (Å²) in [6.07, 6.45) is 15.8. The van der Waals surface area contributed by atoms with E-state index in [-0.39, 0.29) is 0 Å². The zero-order valence-corrected chi connectivity index (χ0v) is 38.7. The maximum Gasteiger partial charge on any atom is 0.0725 e. The number of hydrogen-bond acceptors (Lipinski definition) is 3. The van der Waals surface area contributed by atoms with Crippen molar-refractivity contribution in [2.45, 2.75) is 68.8 Å². The van der Waals surface area contributed by atoms with Crippen molar-refractivity contribution in [2.75, 3.05) is 4.90 Å². The number of nitrogens with zero attached hydrogens (tertiary/aromatic N) is 3. The molecule has 0 N–H and O–H groups in total. The molecule has 0 saturated carbocycles. The van der Waals surface area contributed by atoms with Crippen molar-refractivity contribution in [3.8, 4) is 16.8 Å². The van der Waals surface area contributed by atoms with Crippen LogP contribution in [0.5, 0.6) is 0 Å². The number of anilines is 2. The Morgan fingerprint density at radius 2 is 1.45 bits per heavy atom. The minimum absolute atomic E-state index is 0.294. The summed E-state index contributed by atoms with van der Waals surface area (Å²) < 4.78 is 2.45. The molecule has 0 spiro atoms. The Labute approximate surface area is 393 Å². The summed E-state index contributed by atoms with van der Waals surface area (Å²) in [4.78, 5) is 10.6. The third-order valence-electron chi connectivity index (χ3n) is 13.4. The van der Waals surface area contributed by atoms with E-state index in [1.54, 1.807) is 0 Å². The van der Waals surface area contributed by atoms with Crippen molar-refractivity contribution in [2.24, 2.45) is 4.99 Å². The number of hydrogen-bond donors (Lipinski definition) is 0. The number of aryl methyl sites for hydroxylation is 1. The highest BCUT2D eigenvalue weighted by Crippen LogP contribution is 2.51. The summed E-state index contributed by atoms with van der Waals surface area (Å²) >= 11 is 1.89. The first-order valence-corrected chi connectivity index (χ1v) is 24.3. The number of rotatable bonds is 11. The zero-order chi connectivity index (χ0) is 44.6. The van der Waals surface area contributed by atoms with Gasteiger partial charge in [0.05, 0.1) is 40.7 Å². The molecule has 9 aromatic rings. The van der Waals surface area contributed by atoms with Crippen molar-refractivity contribution in [1.82, 2.24) is 4.57 Å². The van der Waals surface area contributed by atoms with Crippen molar-refractivity contribution < 1.29 is 0 Å². The summed E-state index contributed by atoms with van der Waals surface area (Å²) in [5.74, 6) is 0. The van der Waals surface area contributed by atoms with Crippen molar-refractivity contribution in [3.63, 3.8) is 0 Å².